The summed E-state index contributed by atoms with van der Waals surface area (Å²) in [7, 11) is 1.79. The molecule has 98 valence electrons. The molecule has 0 saturated carbocycles. The van der Waals surface area contributed by atoms with Crippen molar-refractivity contribution in [1.29, 1.82) is 0 Å². The number of hydrogen-bond acceptors (Lipinski definition) is 4. The summed E-state index contributed by atoms with van der Waals surface area (Å²) >= 11 is 0. The average molecular weight is 249 g/mol. The van der Waals surface area contributed by atoms with Gasteiger partial charge in [0.1, 0.15) is 11.5 Å². The maximum atomic E-state index is 12.3. The van der Waals surface area contributed by atoms with Crippen LogP contribution < -0.4 is 5.32 Å². The molecule has 1 aliphatic rings. The Hall–Kier alpha value is -1.62. The summed E-state index contributed by atoms with van der Waals surface area (Å²) in [6.45, 7) is 5.20. The number of carbonyl (C=O) groups excluding carboxylic acids is 1. The van der Waals surface area contributed by atoms with Crippen LogP contribution in [0, 0.1) is 0 Å². The van der Waals surface area contributed by atoms with Crippen molar-refractivity contribution in [3.63, 3.8) is 0 Å². The number of anilines is 1. The highest BCUT2D eigenvalue weighted by molar-refractivity contribution is 5.92. The first kappa shape index (κ1) is 12.8. The van der Waals surface area contributed by atoms with Gasteiger partial charge in [-0.3, -0.25) is 4.79 Å². The number of amides is 1. The molecule has 2 unspecified atom stereocenters. The van der Waals surface area contributed by atoms with Crippen LogP contribution >= 0.6 is 0 Å². The standard InChI is InChI=1S/C13H19N3O2/c1-9-7-16(8-10(2)18-9)13(17)11-5-4-6-12(14-3)15-11/h4-6,9-10H,7-8H2,1-3H3,(H,14,15). The minimum Gasteiger partial charge on any atom is -0.373 e. The minimum atomic E-state index is -0.0332. The number of aromatic nitrogens is 1. The lowest BCUT2D eigenvalue weighted by molar-refractivity contribution is -0.0587. The predicted molar refractivity (Wildman–Crippen MR) is 69.7 cm³/mol. The zero-order valence-electron chi connectivity index (χ0n) is 11.0. The Balaban J connectivity index is 2.14. The van der Waals surface area contributed by atoms with Gasteiger partial charge in [-0.1, -0.05) is 6.07 Å². The lowest BCUT2D eigenvalue weighted by Crippen LogP contribution is -2.48. The lowest BCUT2D eigenvalue weighted by atomic mass is 10.2. The fourth-order valence-corrected chi connectivity index (χ4v) is 2.20. The number of carbonyl (C=O) groups is 1. The molecule has 0 spiro atoms. The molecule has 5 nitrogen and oxygen atoms in total. The van der Waals surface area contributed by atoms with Crippen LogP contribution in [0.25, 0.3) is 0 Å². The Kier molecular flexibility index (Phi) is 3.81. The molecule has 1 aliphatic heterocycles. The first-order valence-electron chi connectivity index (χ1n) is 6.19. The van der Waals surface area contributed by atoms with Gasteiger partial charge in [-0.2, -0.15) is 0 Å². The van der Waals surface area contributed by atoms with E-state index in [0.29, 0.717) is 24.6 Å². The summed E-state index contributed by atoms with van der Waals surface area (Å²) in [5, 5.41) is 2.94. The molecule has 1 amide bonds. The van der Waals surface area contributed by atoms with Crippen molar-refractivity contribution in [3.05, 3.63) is 23.9 Å². The van der Waals surface area contributed by atoms with Crippen LogP contribution in [0.15, 0.2) is 18.2 Å². The van der Waals surface area contributed by atoms with Crippen molar-refractivity contribution in [2.24, 2.45) is 0 Å². The van der Waals surface area contributed by atoms with E-state index in [1.165, 1.54) is 0 Å². The second-order valence-electron chi connectivity index (χ2n) is 4.63. The highest BCUT2D eigenvalue weighted by atomic mass is 16.5. The van der Waals surface area contributed by atoms with Crippen LogP contribution in [0.2, 0.25) is 0 Å². The Morgan fingerprint density at radius 1 is 1.39 bits per heavy atom. The molecule has 1 fully saturated rings. The minimum absolute atomic E-state index is 0.0332. The highest BCUT2D eigenvalue weighted by Crippen LogP contribution is 2.14. The number of nitrogens with zero attached hydrogens (tertiary/aromatic N) is 2. The van der Waals surface area contributed by atoms with Crippen molar-refractivity contribution in [3.8, 4) is 0 Å². The third kappa shape index (κ3) is 2.79. The maximum absolute atomic E-state index is 12.3. The Morgan fingerprint density at radius 2 is 2.06 bits per heavy atom. The van der Waals surface area contributed by atoms with E-state index in [4.69, 9.17) is 4.74 Å². The lowest BCUT2D eigenvalue weighted by Gasteiger charge is -2.35. The molecule has 1 saturated heterocycles. The average Bonchev–Trinajstić information content (AvgIpc) is 2.37. The molecule has 18 heavy (non-hydrogen) atoms. The van der Waals surface area contributed by atoms with Crippen LogP contribution in [0.3, 0.4) is 0 Å². The van der Waals surface area contributed by atoms with Gasteiger partial charge >= 0.3 is 0 Å². The topological polar surface area (TPSA) is 54.5 Å². The summed E-state index contributed by atoms with van der Waals surface area (Å²) in [6.07, 6.45) is 0.148. The zero-order chi connectivity index (χ0) is 13.1. The van der Waals surface area contributed by atoms with E-state index in [9.17, 15) is 4.79 Å². The molecule has 0 bridgehead atoms. The second kappa shape index (κ2) is 5.35. The summed E-state index contributed by atoms with van der Waals surface area (Å²) in [5.74, 6) is 0.671. The van der Waals surface area contributed by atoms with Crippen molar-refractivity contribution >= 4 is 11.7 Å². The van der Waals surface area contributed by atoms with Gasteiger partial charge in [-0.15, -0.1) is 0 Å². The third-order valence-electron chi connectivity index (χ3n) is 2.93. The van der Waals surface area contributed by atoms with E-state index in [-0.39, 0.29) is 18.1 Å². The normalized spacial score (nSPS) is 23.8. The van der Waals surface area contributed by atoms with Gasteiger partial charge in [-0.05, 0) is 26.0 Å². The van der Waals surface area contributed by atoms with Crippen LogP contribution in [-0.4, -0.2) is 48.1 Å². The Labute approximate surface area is 107 Å². The first-order chi connectivity index (χ1) is 8.60. The van der Waals surface area contributed by atoms with Crippen molar-refractivity contribution < 1.29 is 9.53 Å². The van der Waals surface area contributed by atoms with E-state index in [1.54, 1.807) is 18.0 Å². The van der Waals surface area contributed by atoms with Crippen molar-refractivity contribution in [1.82, 2.24) is 9.88 Å². The van der Waals surface area contributed by atoms with E-state index < -0.39 is 0 Å². The van der Waals surface area contributed by atoms with Gasteiger partial charge in [0.2, 0.25) is 0 Å². The molecule has 2 atom stereocenters. The van der Waals surface area contributed by atoms with Gasteiger partial charge in [0.25, 0.3) is 5.91 Å². The summed E-state index contributed by atoms with van der Waals surface area (Å²) in [4.78, 5) is 18.4. The third-order valence-corrected chi connectivity index (χ3v) is 2.93. The number of ether oxygens (including phenoxy) is 1. The molecule has 1 aromatic rings. The molecule has 0 radical (unpaired) electrons. The molecule has 0 aliphatic carbocycles. The van der Waals surface area contributed by atoms with Crippen LogP contribution in [0.4, 0.5) is 5.82 Å². The molecule has 2 rings (SSSR count). The summed E-state index contributed by atoms with van der Waals surface area (Å²) in [5.41, 5.74) is 0.475. The zero-order valence-corrected chi connectivity index (χ0v) is 11.0. The Morgan fingerprint density at radius 3 is 2.67 bits per heavy atom. The van der Waals surface area contributed by atoms with E-state index in [2.05, 4.69) is 10.3 Å². The van der Waals surface area contributed by atoms with Crippen LogP contribution in [0.5, 0.6) is 0 Å². The fourth-order valence-electron chi connectivity index (χ4n) is 2.20. The summed E-state index contributed by atoms with van der Waals surface area (Å²) < 4.78 is 5.62. The van der Waals surface area contributed by atoms with Gasteiger partial charge in [-0.25, -0.2) is 4.98 Å². The highest BCUT2D eigenvalue weighted by Gasteiger charge is 2.27. The van der Waals surface area contributed by atoms with E-state index >= 15 is 0 Å². The second-order valence-corrected chi connectivity index (χ2v) is 4.63. The van der Waals surface area contributed by atoms with Gasteiger partial charge in [0, 0.05) is 20.1 Å². The predicted octanol–water partition coefficient (Wildman–Crippen LogP) is 1.37. The fraction of sp³-hybridized carbons (Fsp3) is 0.538. The smallest absolute Gasteiger partial charge is 0.272 e. The molecule has 0 aromatic carbocycles. The first-order valence-corrected chi connectivity index (χ1v) is 6.19. The number of hydrogen-bond donors (Lipinski definition) is 1. The van der Waals surface area contributed by atoms with Gasteiger partial charge in [0.15, 0.2) is 0 Å². The summed E-state index contributed by atoms with van der Waals surface area (Å²) in [6, 6.07) is 5.41. The monoisotopic (exact) mass is 249 g/mol. The molecule has 1 aromatic heterocycles. The molecule has 1 N–H and O–H groups in total. The number of nitrogens with one attached hydrogen (secondary N) is 1. The van der Waals surface area contributed by atoms with Crippen molar-refractivity contribution in [2.45, 2.75) is 26.1 Å². The van der Waals surface area contributed by atoms with E-state index in [0.717, 1.165) is 0 Å². The number of morpholine rings is 1. The largest absolute Gasteiger partial charge is 0.373 e. The van der Waals surface area contributed by atoms with Gasteiger partial charge < -0.3 is 15.0 Å². The van der Waals surface area contributed by atoms with Crippen molar-refractivity contribution in [2.75, 3.05) is 25.5 Å². The quantitative estimate of drug-likeness (QED) is 0.860. The molecule has 2 heterocycles. The maximum Gasteiger partial charge on any atom is 0.272 e. The van der Waals surface area contributed by atoms with Crippen LogP contribution in [-0.2, 0) is 4.74 Å². The van der Waals surface area contributed by atoms with Gasteiger partial charge in [0.05, 0.1) is 12.2 Å². The molecule has 5 heteroatoms. The van der Waals surface area contributed by atoms with E-state index in [1.807, 2.05) is 26.0 Å². The number of pyridine rings is 1. The number of rotatable bonds is 2. The Bertz CT molecular complexity index is 426. The SMILES string of the molecule is CNc1cccc(C(=O)N2CC(C)OC(C)C2)n1. The molecular formula is C13H19N3O2. The molecular weight excluding hydrogens is 230 g/mol. The van der Waals surface area contributed by atoms with Crippen LogP contribution in [0.1, 0.15) is 24.3 Å².